The SMILES string of the molecule is CCn1ncc2c(-c3ccc(F)cc3)c(/C=C/C(O)CC(O)CC(=O)O)c(C3CC3)nc21. The van der Waals surface area contributed by atoms with Crippen LogP contribution in [0.25, 0.3) is 28.2 Å². The van der Waals surface area contributed by atoms with Gasteiger partial charge in [0.2, 0.25) is 0 Å². The van der Waals surface area contributed by atoms with Crippen molar-refractivity contribution in [3.8, 4) is 11.1 Å². The van der Waals surface area contributed by atoms with Crippen molar-refractivity contribution in [1.82, 2.24) is 14.8 Å². The van der Waals surface area contributed by atoms with Crippen LogP contribution < -0.4 is 0 Å². The molecule has 0 aliphatic heterocycles. The maximum Gasteiger partial charge on any atom is 0.305 e. The average Bonchev–Trinajstić information content (AvgIpc) is 3.51. The van der Waals surface area contributed by atoms with Crippen molar-refractivity contribution < 1.29 is 24.5 Å². The molecule has 1 fully saturated rings. The molecule has 32 heavy (non-hydrogen) atoms. The van der Waals surface area contributed by atoms with Gasteiger partial charge in [-0.05, 0) is 37.5 Å². The largest absolute Gasteiger partial charge is 0.481 e. The fourth-order valence-electron chi connectivity index (χ4n) is 3.97. The fraction of sp³-hybridized carbons (Fsp3) is 0.375. The maximum atomic E-state index is 13.6. The number of carbonyl (C=O) groups is 1. The summed E-state index contributed by atoms with van der Waals surface area (Å²) in [5.41, 5.74) is 4.18. The molecule has 8 heteroatoms. The van der Waals surface area contributed by atoms with Gasteiger partial charge in [0.15, 0.2) is 5.65 Å². The van der Waals surface area contributed by atoms with Crippen LogP contribution in [0.2, 0.25) is 0 Å². The summed E-state index contributed by atoms with van der Waals surface area (Å²) >= 11 is 0. The number of aliphatic hydroxyl groups excluding tert-OH is 2. The van der Waals surface area contributed by atoms with Crippen molar-refractivity contribution in [2.45, 2.75) is 57.3 Å². The van der Waals surface area contributed by atoms with Gasteiger partial charge in [-0.25, -0.2) is 14.1 Å². The number of carboxylic acids is 1. The normalized spacial score (nSPS) is 16.0. The lowest BCUT2D eigenvalue weighted by Crippen LogP contribution is -2.19. The Hall–Kier alpha value is -3.10. The number of carboxylic acid groups (broad SMARTS) is 1. The molecule has 2 aromatic heterocycles. The van der Waals surface area contributed by atoms with Crippen LogP contribution in [0.4, 0.5) is 4.39 Å². The first-order valence-electron chi connectivity index (χ1n) is 10.8. The van der Waals surface area contributed by atoms with Gasteiger partial charge in [-0.1, -0.05) is 24.3 Å². The topological polar surface area (TPSA) is 108 Å². The average molecular weight is 439 g/mol. The number of rotatable bonds is 9. The second-order valence-corrected chi connectivity index (χ2v) is 8.18. The van der Waals surface area contributed by atoms with Crippen molar-refractivity contribution in [1.29, 1.82) is 0 Å². The number of fused-ring (bicyclic) bond motifs is 1. The van der Waals surface area contributed by atoms with Crippen molar-refractivity contribution in [2.24, 2.45) is 0 Å². The summed E-state index contributed by atoms with van der Waals surface area (Å²) in [5, 5.41) is 34.3. The predicted molar refractivity (Wildman–Crippen MR) is 118 cm³/mol. The van der Waals surface area contributed by atoms with Crippen LogP contribution in [-0.4, -0.2) is 48.3 Å². The highest BCUT2D eigenvalue weighted by molar-refractivity contribution is 5.98. The van der Waals surface area contributed by atoms with Crippen molar-refractivity contribution in [3.63, 3.8) is 0 Å². The molecule has 2 atom stereocenters. The number of hydrogen-bond acceptors (Lipinski definition) is 5. The first-order chi connectivity index (χ1) is 15.4. The number of benzene rings is 1. The van der Waals surface area contributed by atoms with E-state index < -0.39 is 24.6 Å². The molecule has 1 aliphatic rings. The smallest absolute Gasteiger partial charge is 0.305 e. The summed E-state index contributed by atoms with van der Waals surface area (Å²) < 4.78 is 15.4. The molecular formula is C24H26FN3O4. The third-order valence-corrected chi connectivity index (χ3v) is 5.66. The standard InChI is InChI=1S/C24H26FN3O4/c1-2-28-24-20(13-26-28)22(14-5-7-16(25)8-6-14)19(23(27-24)15-3-4-15)10-9-17(29)11-18(30)12-21(31)32/h5-10,13,15,17-18,29-30H,2-4,11-12H2,1H3,(H,31,32)/b10-9+. The molecule has 1 saturated carbocycles. The maximum absolute atomic E-state index is 13.6. The highest BCUT2D eigenvalue weighted by Gasteiger charge is 2.30. The molecule has 2 heterocycles. The Bertz CT molecular complexity index is 1150. The first-order valence-corrected chi connectivity index (χ1v) is 10.8. The second kappa shape index (κ2) is 9.18. The zero-order valence-corrected chi connectivity index (χ0v) is 17.8. The Morgan fingerprint density at radius 2 is 2.00 bits per heavy atom. The van der Waals surface area contributed by atoms with Gasteiger partial charge in [-0.3, -0.25) is 4.79 Å². The van der Waals surface area contributed by atoms with Gasteiger partial charge in [0.25, 0.3) is 0 Å². The second-order valence-electron chi connectivity index (χ2n) is 8.18. The number of halogens is 1. The Balaban J connectivity index is 1.81. The van der Waals surface area contributed by atoms with Crippen LogP contribution in [0.5, 0.6) is 0 Å². The molecule has 0 saturated heterocycles. The molecule has 3 aromatic rings. The molecule has 168 valence electrons. The van der Waals surface area contributed by atoms with E-state index in [9.17, 15) is 19.4 Å². The number of hydrogen-bond donors (Lipinski definition) is 3. The van der Waals surface area contributed by atoms with Crippen LogP contribution in [0.1, 0.15) is 49.8 Å². The molecule has 3 N–H and O–H groups in total. The zero-order valence-electron chi connectivity index (χ0n) is 17.8. The Labute approximate surface area is 184 Å². The number of pyridine rings is 1. The van der Waals surface area contributed by atoms with E-state index in [-0.39, 0.29) is 12.2 Å². The van der Waals surface area contributed by atoms with Crippen LogP contribution in [0, 0.1) is 5.82 Å². The molecule has 4 rings (SSSR count). The zero-order chi connectivity index (χ0) is 22.8. The van der Waals surface area contributed by atoms with Gasteiger partial charge in [0.1, 0.15) is 5.82 Å². The van der Waals surface area contributed by atoms with Crippen LogP contribution in [0.3, 0.4) is 0 Å². The van der Waals surface area contributed by atoms with Gasteiger partial charge < -0.3 is 15.3 Å². The van der Waals surface area contributed by atoms with E-state index in [1.54, 1.807) is 30.5 Å². The monoisotopic (exact) mass is 439 g/mol. The Morgan fingerprint density at radius 1 is 1.28 bits per heavy atom. The van der Waals surface area contributed by atoms with Gasteiger partial charge in [0, 0.05) is 35.4 Å². The lowest BCUT2D eigenvalue weighted by atomic mass is 9.93. The molecule has 0 radical (unpaired) electrons. The first kappa shape index (κ1) is 22.1. The van der Waals surface area contributed by atoms with Crippen LogP contribution in [0.15, 0.2) is 36.5 Å². The minimum atomic E-state index is -1.14. The molecule has 1 aromatic carbocycles. The Morgan fingerprint density at radius 3 is 2.62 bits per heavy atom. The number of aliphatic hydroxyl groups is 2. The van der Waals surface area contributed by atoms with Crippen molar-refractivity contribution in [3.05, 3.63) is 53.6 Å². The van der Waals surface area contributed by atoms with Gasteiger partial charge >= 0.3 is 5.97 Å². The summed E-state index contributed by atoms with van der Waals surface area (Å²) in [5.74, 6) is -1.15. The number of aliphatic carboxylic acids is 1. The van der Waals surface area contributed by atoms with E-state index in [0.29, 0.717) is 12.5 Å². The summed E-state index contributed by atoms with van der Waals surface area (Å²) in [6.07, 6.45) is 4.44. The van der Waals surface area contributed by atoms with E-state index in [2.05, 4.69) is 5.10 Å². The molecule has 1 aliphatic carbocycles. The van der Waals surface area contributed by atoms with Crippen LogP contribution >= 0.6 is 0 Å². The fourth-order valence-corrected chi connectivity index (χ4v) is 3.97. The highest BCUT2D eigenvalue weighted by Crippen LogP contribution is 2.45. The van der Waals surface area contributed by atoms with E-state index in [1.807, 2.05) is 11.6 Å². The van der Waals surface area contributed by atoms with Gasteiger partial charge in [0.05, 0.1) is 30.5 Å². The molecule has 0 spiro atoms. The Kier molecular flexibility index (Phi) is 6.34. The third kappa shape index (κ3) is 4.71. The van der Waals surface area contributed by atoms with E-state index in [4.69, 9.17) is 10.1 Å². The van der Waals surface area contributed by atoms with Crippen molar-refractivity contribution in [2.75, 3.05) is 0 Å². The lowest BCUT2D eigenvalue weighted by molar-refractivity contribution is -0.139. The van der Waals surface area contributed by atoms with Gasteiger partial charge in [-0.2, -0.15) is 5.10 Å². The number of nitrogens with zero attached hydrogens (tertiary/aromatic N) is 3. The summed E-state index contributed by atoms with van der Waals surface area (Å²) in [6, 6.07) is 6.25. The lowest BCUT2D eigenvalue weighted by Gasteiger charge is -2.15. The number of aromatic nitrogens is 3. The molecule has 7 nitrogen and oxygen atoms in total. The number of aryl methyl sites for hydroxylation is 1. The quantitative estimate of drug-likeness (QED) is 0.469. The molecular weight excluding hydrogens is 413 g/mol. The highest BCUT2D eigenvalue weighted by atomic mass is 19.1. The third-order valence-electron chi connectivity index (χ3n) is 5.66. The van der Waals surface area contributed by atoms with E-state index >= 15 is 0 Å². The molecule has 2 unspecified atom stereocenters. The minimum Gasteiger partial charge on any atom is -0.481 e. The molecule has 0 amide bonds. The summed E-state index contributed by atoms with van der Waals surface area (Å²) in [7, 11) is 0. The summed E-state index contributed by atoms with van der Waals surface area (Å²) in [6.45, 7) is 2.66. The van der Waals surface area contributed by atoms with E-state index in [0.717, 1.165) is 46.3 Å². The van der Waals surface area contributed by atoms with Gasteiger partial charge in [-0.15, -0.1) is 0 Å². The predicted octanol–water partition coefficient (Wildman–Crippen LogP) is 3.73. The minimum absolute atomic E-state index is 0.0864. The van der Waals surface area contributed by atoms with Crippen molar-refractivity contribution >= 4 is 23.1 Å². The molecule has 0 bridgehead atoms. The van der Waals surface area contributed by atoms with Crippen LogP contribution in [-0.2, 0) is 11.3 Å². The van der Waals surface area contributed by atoms with E-state index in [1.165, 1.54) is 12.1 Å². The summed E-state index contributed by atoms with van der Waals surface area (Å²) in [4.78, 5) is 15.7.